The molecule has 4 nitrogen and oxygen atoms in total. The molecule has 0 aliphatic carbocycles. The second kappa shape index (κ2) is 6.76. The van der Waals surface area contributed by atoms with Gasteiger partial charge in [0.25, 0.3) is 0 Å². The summed E-state index contributed by atoms with van der Waals surface area (Å²) in [5, 5.41) is 0. The standard InChI is InChI=1S/C14H26O4/c1-13(2,3)9-10-14(4,5)18-12(16)8-7-11(15)17-6/h7-10H2,1-6H3. The number of hydrogen-bond donors (Lipinski definition) is 0. The molecule has 0 bridgehead atoms. The number of hydrogen-bond acceptors (Lipinski definition) is 4. The Morgan fingerprint density at radius 1 is 0.889 bits per heavy atom. The van der Waals surface area contributed by atoms with Gasteiger partial charge in [-0.15, -0.1) is 0 Å². The Balaban J connectivity index is 4.07. The van der Waals surface area contributed by atoms with Crippen LogP contribution in [0.5, 0.6) is 0 Å². The van der Waals surface area contributed by atoms with Gasteiger partial charge in [-0.05, 0) is 32.1 Å². The lowest BCUT2D eigenvalue weighted by Gasteiger charge is -2.29. The minimum atomic E-state index is -0.486. The zero-order valence-electron chi connectivity index (χ0n) is 12.5. The summed E-state index contributed by atoms with van der Waals surface area (Å²) >= 11 is 0. The van der Waals surface area contributed by atoms with Crippen molar-refractivity contribution in [1.82, 2.24) is 0 Å². The number of carbonyl (C=O) groups excluding carboxylic acids is 2. The molecule has 0 unspecified atom stereocenters. The van der Waals surface area contributed by atoms with Crippen molar-refractivity contribution in [3.05, 3.63) is 0 Å². The van der Waals surface area contributed by atoms with Crippen molar-refractivity contribution in [3.8, 4) is 0 Å². The van der Waals surface area contributed by atoms with E-state index >= 15 is 0 Å². The van der Waals surface area contributed by atoms with Gasteiger partial charge in [0.15, 0.2) is 0 Å². The first kappa shape index (κ1) is 16.9. The van der Waals surface area contributed by atoms with Crippen LogP contribution >= 0.6 is 0 Å². The highest BCUT2D eigenvalue weighted by Gasteiger charge is 2.25. The van der Waals surface area contributed by atoms with Crippen LogP contribution < -0.4 is 0 Å². The molecule has 4 heteroatoms. The average molecular weight is 258 g/mol. The normalized spacial score (nSPS) is 12.1. The fourth-order valence-corrected chi connectivity index (χ4v) is 1.39. The van der Waals surface area contributed by atoms with Crippen LogP contribution in [-0.4, -0.2) is 24.6 Å². The molecule has 18 heavy (non-hydrogen) atoms. The van der Waals surface area contributed by atoms with Gasteiger partial charge in [0.2, 0.25) is 0 Å². The smallest absolute Gasteiger partial charge is 0.306 e. The van der Waals surface area contributed by atoms with Crippen molar-refractivity contribution in [2.75, 3.05) is 7.11 Å². The second-order valence-corrected chi connectivity index (χ2v) is 6.37. The first-order valence-electron chi connectivity index (χ1n) is 6.34. The number of esters is 2. The van der Waals surface area contributed by atoms with Crippen LogP contribution in [-0.2, 0) is 19.1 Å². The van der Waals surface area contributed by atoms with Gasteiger partial charge >= 0.3 is 11.9 Å². The highest BCUT2D eigenvalue weighted by molar-refractivity contribution is 5.77. The second-order valence-electron chi connectivity index (χ2n) is 6.37. The van der Waals surface area contributed by atoms with E-state index in [4.69, 9.17) is 4.74 Å². The summed E-state index contributed by atoms with van der Waals surface area (Å²) in [7, 11) is 1.31. The predicted molar refractivity (Wildman–Crippen MR) is 70.1 cm³/mol. The summed E-state index contributed by atoms with van der Waals surface area (Å²) < 4.78 is 9.86. The Bertz CT molecular complexity index is 287. The molecule has 0 aromatic rings. The molecule has 0 aliphatic heterocycles. The molecule has 0 aromatic carbocycles. The molecule has 0 atom stereocenters. The molecule has 0 spiro atoms. The highest BCUT2D eigenvalue weighted by atomic mass is 16.6. The van der Waals surface area contributed by atoms with E-state index < -0.39 is 5.60 Å². The minimum absolute atomic E-state index is 0.0741. The Labute approximate surface area is 110 Å². The van der Waals surface area contributed by atoms with Crippen LogP contribution in [0.4, 0.5) is 0 Å². The Morgan fingerprint density at radius 2 is 1.39 bits per heavy atom. The van der Waals surface area contributed by atoms with Crippen LogP contribution in [0, 0.1) is 5.41 Å². The van der Waals surface area contributed by atoms with Crippen molar-refractivity contribution in [3.63, 3.8) is 0 Å². The van der Waals surface area contributed by atoms with E-state index in [9.17, 15) is 9.59 Å². The van der Waals surface area contributed by atoms with Crippen LogP contribution in [0.3, 0.4) is 0 Å². The molecule has 0 aromatic heterocycles. The van der Waals surface area contributed by atoms with Gasteiger partial charge < -0.3 is 9.47 Å². The zero-order chi connectivity index (χ0) is 14.4. The monoisotopic (exact) mass is 258 g/mol. The number of ether oxygens (including phenoxy) is 2. The molecule has 0 saturated carbocycles. The fraction of sp³-hybridized carbons (Fsp3) is 0.857. The molecule has 0 heterocycles. The van der Waals surface area contributed by atoms with Crippen LogP contribution in [0.2, 0.25) is 0 Å². The maximum Gasteiger partial charge on any atom is 0.306 e. The number of rotatable bonds is 6. The summed E-state index contributed by atoms with van der Waals surface area (Å²) in [6.07, 6.45) is 1.93. The third-order valence-corrected chi connectivity index (χ3v) is 2.63. The van der Waals surface area contributed by atoms with E-state index in [2.05, 4.69) is 25.5 Å². The topological polar surface area (TPSA) is 52.6 Å². The predicted octanol–water partition coefficient (Wildman–Crippen LogP) is 3.09. The molecule has 0 amide bonds. The molecule has 0 saturated heterocycles. The molecule has 0 rings (SSSR count). The average Bonchev–Trinajstić information content (AvgIpc) is 2.22. The lowest BCUT2D eigenvalue weighted by molar-refractivity contribution is -0.159. The van der Waals surface area contributed by atoms with Crippen molar-refractivity contribution in [1.29, 1.82) is 0 Å². The third-order valence-electron chi connectivity index (χ3n) is 2.63. The van der Waals surface area contributed by atoms with Crippen molar-refractivity contribution >= 4 is 11.9 Å². The number of methoxy groups -OCH3 is 1. The Kier molecular flexibility index (Phi) is 6.36. The highest BCUT2D eigenvalue weighted by Crippen LogP contribution is 2.27. The van der Waals surface area contributed by atoms with E-state index in [1.54, 1.807) is 0 Å². The van der Waals surface area contributed by atoms with Crippen LogP contribution in [0.25, 0.3) is 0 Å². The van der Waals surface area contributed by atoms with Crippen molar-refractivity contribution in [2.24, 2.45) is 5.41 Å². The van der Waals surface area contributed by atoms with E-state index in [1.807, 2.05) is 13.8 Å². The fourth-order valence-electron chi connectivity index (χ4n) is 1.39. The van der Waals surface area contributed by atoms with Crippen LogP contribution in [0.15, 0.2) is 0 Å². The van der Waals surface area contributed by atoms with Crippen molar-refractivity contribution in [2.45, 2.75) is 65.9 Å². The van der Waals surface area contributed by atoms with Gasteiger partial charge in [0, 0.05) is 0 Å². The summed E-state index contributed by atoms with van der Waals surface area (Å²) in [6, 6.07) is 0. The first-order chi connectivity index (χ1) is 8.06. The van der Waals surface area contributed by atoms with Gasteiger partial charge in [0.05, 0.1) is 20.0 Å². The first-order valence-corrected chi connectivity index (χ1v) is 6.34. The molecular weight excluding hydrogens is 232 g/mol. The van der Waals surface area contributed by atoms with Gasteiger partial charge in [-0.2, -0.15) is 0 Å². The largest absolute Gasteiger partial charge is 0.469 e. The maximum absolute atomic E-state index is 11.6. The number of carbonyl (C=O) groups is 2. The van der Waals surface area contributed by atoms with E-state index in [0.29, 0.717) is 0 Å². The molecule has 0 fully saturated rings. The van der Waals surface area contributed by atoms with Crippen molar-refractivity contribution < 1.29 is 19.1 Å². The molecular formula is C14H26O4. The lowest BCUT2D eigenvalue weighted by atomic mass is 9.86. The summed E-state index contributed by atoms with van der Waals surface area (Å²) in [5.74, 6) is -0.737. The molecule has 0 aliphatic rings. The Morgan fingerprint density at radius 3 is 1.83 bits per heavy atom. The van der Waals surface area contributed by atoms with Crippen LogP contribution in [0.1, 0.15) is 60.3 Å². The van der Waals surface area contributed by atoms with E-state index in [0.717, 1.165) is 12.8 Å². The van der Waals surface area contributed by atoms with E-state index in [1.165, 1.54) is 7.11 Å². The zero-order valence-corrected chi connectivity index (χ0v) is 12.5. The summed E-state index contributed by atoms with van der Waals surface area (Å²) in [4.78, 5) is 22.5. The maximum atomic E-state index is 11.6. The quantitative estimate of drug-likeness (QED) is 0.687. The summed E-state index contributed by atoms with van der Waals surface area (Å²) in [5.41, 5.74) is -0.268. The van der Waals surface area contributed by atoms with Gasteiger partial charge in [-0.25, -0.2) is 0 Å². The Hall–Kier alpha value is -1.06. The molecule has 0 radical (unpaired) electrons. The molecule has 0 N–H and O–H groups in total. The third kappa shape index (κ3) is 9.02. The van der Waals surface area contributed by atoms with Gasteiger partial charge in [-0.1, -0.05) is 20.8 Å². The van der Waals surface area contributed by atoms with Gasteiger partial charge in [0.1, 0.15) is 5.60 Å². The lowest BCUT2D eigenvalue weighted by Crippen LogP contribution is -2.29. The van der Waals surface area contributed by atoms with E-state index in [-0.39, 0.29) is 30.2 Å². The SMILES string of the molecule is COC(=O)CCC(=O)OC(C)(C)CCC(C)(C)C. The molecule has 106 valence electrons. The summed E-state index contributed by atoms with van der Waals surface area (Å²) in [6.45, 7) is 10.3. The minimum Gasteiger partial charge on any atom is -0.469 e. The van der Waals surface area contributed by atoms with Gasteiger partial charge in [-0.3, -0.25) is 9.59 Å².